The Morgan fingerprint density at radius 3 is 1.56 bits per heavy atom. The molecule has 0 fully saturated rings. The molecule has 7 rings (SSSR count). The highest BCUT2D eigenvalue weighted by atomic mass is 14.8. The molecule has 7 aromatic rings. The van der Waals surface area contributed by atoms with Gasteiger partial charge in [0.1, 0.15) is 0 Å². The van der Waals surface area contributed by atoms with E-state index in [1.54, 1.807) is 0 Å². The van der Waals surface area contributed by atoms with Gasteiger partial charge in [0, 0.05) is 34.0 Å². The Morgan fingerprint density at radius 1 is 0.439 bits per heavy atom. The Balaban J connectivity index is 1.54. The Labute approximate surface area is 239 Å². The summed E-state index contributed by atoms with van der Waals surface area (Å²) in [6.07, 6.45) is 1.82. The monoisotopic (exact) mass is 525 g/mol. The quantitative estimate of drug-likeness (QED) is 0.224. The van der Waals surface area contributed by atoms with Gasteiger partial charge in [0.15, 0.2) is 0 Å². The summed E-state index contributed by atoms with van der Waals surface area (Å²) in [7, 11) is 0. The van der Waals surface area contributed by atoms with Gasteiger partial charge in [-0.2, -0.15) is 0 Å². The minimum Gasteiger partial charge on any atom is -0.256 e. The third-order valence-electron chi connectivity index (χ3n) is 7.46. The maximum Gasteiger partial charge on any atom is 0.0982 e. The molecule has 0 aliphatic rings. The number of pyridine rings is 1. The highest BCUT2D eigenvalue weighted by molar-refractivity contribution is 6.04. The molecule has 0 saturated heterocycles. The number of aromatic nitrogens is 3. The second kappa shape index (κ2) is 10.6. The van der Waals surface area contributed by atoms with E-state index in [2.05, 4.69) is 115 Å². The Hall–Kier alpha value is -5.41. The molecule has 41 heavy (non-hydrogen) atoms. The van der Waals surface area contributed by atoms with Crippen LogP contribution in [0.25, 0.3) is 67.1 Å². The normalized spacial score (nSPS) is 11.0. The molecule has 0 radical (unpaired) electrons. The first kappa shape index (κ1) is 24.6. The SMILES string of the molecule is Cc1cc(-c2ccccc2)c2nc(-c3ccccc3)c(-c3ccc(-c4ccccn4)cc3)nc2c1-c1ccccc1. The molecule has 0 saturated carbocycles. The minimum atomic E-state index is 0.859. The van der Waals surface area contributed by atoms with Crippen molar-refractivity contribution in [2.75, 3.05) is 0 Å². The van der Waals surface area contributed by atoms with Crippen LogP contribution in [0.2, 0.25) is 0 Å². The first-order chi connectivity index (χ1) is 20.3. The summed E-state index contributed by atoms with van der Waals surface area (Å²) in [6.45, 7) is 2.17. The van der Waals surface area contributed by atoms with E-state index in [-0.39, 0.29) is 0 Å². The molecule has 5 aromatic carbocycles. The van der Waals surface area contributed by atoms with Crippen LogP contribution in [0.15, 0.2) is 146 Å². The van der Waals surface area contributed by atoms with E-state index in [1.165, 1.54) is 5.56 Å². The van der Waals surface area contributed by atoms with Gasteiger partial charge in [-0.1, -0.05) is 121 Å². The van der Waals surface area contributed by atoms with Gasteiger partial charge in [0.25, 0.3) is 0 Å². The zero-order chi connectivity index (χ0) is 27.6. The summed E-state index contributed by atoms with van der Waals surface area (Å²) in [5.74, 6) is 0. The van der Waals surface area contributed by atoms with Gasteiger partial charge < -0.3 is 0 Å². The molecule has 0 unspecified atom stereocenters. The number of nitrogens with zero attached hydrogens (tertiary/aromatic N) is 3. The highest BCUT2D eigenvalue weighted by Crippen LogP contribution is 2.40. The fraction of sp³-hybridized carbons (Fsp3) is 0.0263. The molecule has 3 nitrogen and oxygen atoms in total. The lowest BCUT2D eigenvalue weighted by Gasteiger charge is -2.18. The summed E-state index contributed by atoms with van der Waals surface area (Å²) in [4.78, 5) is 15.4. The van der Waals surface area contributed by atoms with Gasteiger partial charge in [-0.05, 0) is 41.8 Å². The maximum atomic E-state index is 5.47. The van der Waals surface area contributed by atoms with Crippen LogP contribution in [0.1, 0.15) is 5.56 Å². The molecule has 0 bridgehead atoms. The van der Waals surface area contributed by atoms with Gasteiger partial charge in [-0.3, -0.25) is 4.98 Å². The summed E-state index contributed by atoms with van der Waals surface area (Å²) in [5.41, 5.74) is 13.2. The topological polar surface area (TPSA) is 38.7 Å². The lowest BCUT2D eigenvalue weighted by atomic mass is 9.92. The van der Waals surface area contributed by atoms with Crippen LogP contribution in [-0.4, -0.2) is 15.0 Å². The summed E-state index contributed by atoms with van der Waals surface area (Å²) < 4.78 is 0. The second-order valence-electron chi connectivity index (χ2n) is 10.1. The third kappa shape index (κ3) is 4.68. The van der Waals surface area contributed by atoms with Crippen LogP contribution in [0, 0.1) is 6.92 Å². The molecule has 3 heteroatoms. The number of rotatable bonds is 5. The summed E-state index contributed by atoms with van der Waals surface area (Å²) in [5, 5.41) is 0. The average Bonchev–Trinajstić information content (AvgIpc) is 3.05. The lowest BCUT2D eigenvalue weighted by Crippen LogP contribution is -2.00. The molecule has 0 N–H and O–H groups in total. The predicted molar refractivity (Wildman–Crippen MR) is 169 cm³/mol. The molecule has 0 spiro atoms. The smallest absolute Gasteiger partial charge is 0.0982 e. The van der Waals surface area contributed by atoms with Gasteiger partial charge >= 0.3 is 0 Å². The summed E-state index contributed by atoms with van der Waals surface area (Å²) >= 11 is 0. The van der Waals surface area contributed by atoms with Crippen molar-refractivity contribution < 1.29 is 0 Å². The van der Waals surface area contributed by atoms with Crippen molar-refractivity contribution in [1.29, 1.82) is 0 Å². The number of aryl methyl sites for hydroxylation is 1. The fourth-order valence-corrected chi connectivity index (χ4v) is 5.48. The van der Waals surface area contributed by atoms with Crippen molar-refractivity contribution in [3.05, 3.63) is 151 Å². The standard InChI is InChI=1S/C38H27N3/c1-26-25-32(27-13-5-2-6-14-27)37-38(34(26)29-15-7-3-8-16-29)41-36(35(40-37)30-17-9-4-10-18-30)31-22-20-28(21-23-31)33-19-11-12-24-39-33/h2-25H,1H3. The maximum absolute atomic E-state index is 5.47. The van der Waals surface area contributed by atoms with Crippen LogP contribution in [0.3, 0.4) is 0 Å². The van der Waals surface area contributed by atoms with Crippen molar-refractivity contribution in [3.63, 3.8) is 0 Å². The van der Waals surface area contributed by atoms with Crippen LogP contribution in [-0.2, 0) is 0 Å². The molecule has 0 aliphatic carbocycles. The third-order valence-corrected chi connectivity index (χ3v) is 7.46. The van der Waals surface area contributed by atoms with Gasteiger partial charge in [-0.25, -0.2) is 9.97 Å². The van der Waals surface area contributed by atoms with E-state index >= 15 is 0 Å². The van der Waals surface area contributed by atoms with E-state index in [1.807, 2.05) is 42.6 Å². The van der Waals surface area contributed by atoms with Crippen molar-refractivity contribution in [3.8, 4) is 56.0 Å². The highest BCUT2D eigenvalue weighted by Gasteiger charge is 2.20. The van der Waals surface area contributed by atoms with Crippen molar-refractivity contribution >= 4 is 11.0 Å². The number of benzene rings is 5. The van der Waals surface area contributed by atoms with Gasteiger partial charge in [0.05, 0.1) is 28.1 Å². The first-order valence-electron chi connectivity index (χ1n) is 13.8. The Morgan fingerprint density at radius 2 is 0.951 bits per heavy atom. The molecule has 194 valence electrons. The molecule has 0 atom stereocenters. The number of hydrogen-bond donors (Lipinski definition) is 0. The second-order valence-corrected chi connectivity index (χ2v) is 10.1. The molecular formula is C38H27N3. The van der Waals surface area contributed by atoms with E-state index in [4.69, 9.17) is 9.97 Å². The van der Waals surface area contributed by atoms with Gasteiger partial charge in [0.2, 0.25) is 0 Å². The molecule has 0 aliphatic heterocycles. The van der Waals surface area contributed by atoms with E-state index in [9.17, 15) is 0 Å². The van der Waals surface area contributed by atoms with Gasteiger partial charge in [-0.15, -0.1) is 0 Å². The van der Waals surface area contributed by atoms with Crippen LogP contribution in [0.5, 0.6) is 0 Å². The van der Waals surface area contributed by atoms with E-state index in [0.717, 1.165) is 67.1 Å². The number of fused-ring (bicyclic) bond motifs is 1. The van der Waals surface area contributed by atoms with E-state index in [0.29, 0.717) is 0 Å². The Bertz CT molecular complexity index is 1950. The lowest BCUT2D eigenvalue weighted by molar-refractivity contribution is 1.28. The zero-order valence-electron chi connectivity index (χ0n) is 22.7. The predicted octanol–water partition coefficient (Wildman–Crippen LogP) is 9.67. The van der Waals surface area contributed by atoms with Crippen molar-refractivity contribution in [2.45, 2.75) is 6.92 Å². The zero-order valence-corrected chi connectivity index (χ0v) is 22.7. The summed E-state index contributed by atoms with van der Waals surface area (Å²) in [6, 6.07) is 48.1. The molecular weight excluding hydrogens is 498 g/mol. The van der Waals surface area contributed by atoms with Crippen LogP contribution in [0.4, 0.5) is 0 Å². The van der Waals surface area contributed by atoms with Crippen molar-refractivity contribution in [2.24, 2.45) is 0 Å². The molecule has 0 amide bonds. The number of hydrogen-bond acceptors (Lipinski definition) is 3. The Kier molecular flexibility index (Phi) is 6.38. The first-order valence-corrected chi connectivity index (χ1v) is 13.8. The molecule has 2 aromatic heterocycles. The van der Waals surface area contributed by atoms with Crippen LogP contribution < -0.4 is 0 Å². The largest absolute Gasteiger partial charge is 0.256 e. The minimum absolute atomic E-state index is 0.859. The van der Waals surface area contributed by atoms with E-state index < -0.39 is 0 Å². The van der Waals surface area contributed by atoms with Crippen LogP contribution >= 0.6 is 0 Å². The molecule has 2 heterocycles. The fourth-order valence-electron chi connectivity index (χ4n) is 5.48. The average molecular weight is 526 g/mol. The van der Waals surface area contributed by atoms with Crippen molar-refractivity contribution in [1.82, 2.24) is 15.0 Å².